The van der Waals surface area contributed by atoms with Crippen LogP contribution in [0.4, 0.5) is 4.39 Å². The molecule has 9 heteroatoms. The Labute approximate surface area is 196 Å². The fraction of sp³-hybridized carbons (Fsp3) is 0.522. The molecule has 32 heavy (non-hydrogen) atoms. The minimum atomic E-state index is -0.567. The normalized spacial score (nSPS) is 23.1. The van der Waals surface area contributed by atoms with Crippen LogP contribution >= 0.6 is 23.2 Å². The highest BCUT2D eigenvalue weighted by Gasteiger charge is 2.43. The Bertz CT molecular complexity index is 992. The Balaban J connectivity index is 1.49. The molecule has 0 saturated heterocycles. The van der Waals surface area contributed by atoms with E-state index in [2.05, 4.69) is 27.8 Å². The fourth-order valence-corrected chi connectivity index (χ4v) is 5.56. The van der Waals surface area contributed by atoms with E-state index in [1.54, 1.807) is 6.07 Å². The van der Waals surface area contributed by atoms with Crippen molar-refractivity contribution in [1.82, 2.24) is 20.8 Å². The van der Waals surface area contributed by atoms with Crippen molar-refractivity contribution in [2.75, 3.05) is 0 Å². The van der Waals surface area contributed by atoms with E-state index < -0.39 is 11.9 Å². The first-order chi connectivity index (χ1) is 15.3. The van der Waals surface area contributed by atoms with Crippen molar-refractivity contribution in [3.8, 4) is 0 Å². The summed E-state index contributed by atoms with van der Waals surface area (Å²) in [5.41, 5.74) is 0.342. The first-order valence-corrected chi connectivity index (χ1v) is 11.8. The van der Waals surface area contributed by atoms with Crippen molar-refractivity contribution in [2.45, 2.75) is 64.0 Å². The minimum absolute atomic E-state index is 0.103. The van der Waals surface area contributed by atoms with Gasteiger partial charge in [-0.05, 0) is 55.7 Å². The molecular weight excluding hydrogens is 454 g/mol. The molecule has 3 atom stereocenters. The van der Waals surface area contributed by atoms with Crippen LogP contribution in [0.1, 0.15) is 74.0 Å². The topological polar surface area (TPSA) is 86.9 Å². The number of halogens is 3. The number of carbonyl (C=O) groups excluding carboxylic acids is 2. The third kappa shape index (κ3) is 4.64. The van der Waals surface area contributed by atoms with Gasteiger partial charge in [0.2, 0.25) is 5.91 Å². The average Bonchev–Trinajstić information content (AvgIpc) is 3.52. The van der Waals surface area contributed by atoms with Gasteiger partial charge in [-0.2, -0.15) is 5.10 Å². The van der Waals surface area contributed by atoms with Crippen molar-refractivity contribution in [1.29, 1.82) is 0 Å². The first-order valence-electron chi connectivity index (χ1n) is 11.0. The summed E-state index contributed by atoms with van der Waals surface area (Å²) < 4.78 is 14.9. The molecule has 2 saturated carbocycles. The Hall–Kier alpha value is -2.12. The lowest BCUT2D eigenvalue weighted by molar-refractivity contribution is -0.126. The molecule has 2 fully saturated rings. The van der Waals surface area contributed by atoms with Gasteiger partial charge >= 0.3 is 0 Å². The third-order valence-electron chi connectivity index (χ3n) is 6.98. The molecule has 0 aliphatic heterocycles. The number of benzene rings is 1. The van der Waals surface area contributed by atoms with Gasteiger partial charge in [-0.25, -0.2) is 4.39 Å². The second kappa shape index (κ2) is 9.40. The zero-order chi connectivity index (χ0) is 22.9. The molecule has 4 rings (SSSR count). The Morgan fingerprint density at radius 1 is 1.22 bits per heavy atom. The Kier molecular flexibility index (Phi) is 6.77. The van der Waals surface area contributed by atoms with E-state index in [9.17, 15) is 14.0 Å². The van der Waals surface area contributed by atoms with E-state index in [0.29, 0.717) is 25.0 Å². The third-order valence-corrected chi connectivity index (χ3v) is 7.80. The molecule has 3 N–H and O–H groups in total. The number of hydrogen-bond acceptors (Lipinski definition) is 3. The number of carbonyl (C=O) groups is 2. The van der Waals surface area contributed by atoms with Crippen LogP contribution < -0.4 is 10.6 Å². The molecule has 1 aromatic heterocycles. The molecule has 2 aliphatic rings. The van der Waals surface area contributed by atoms with Gasteiger partial charge < -0.3 is 10.6 Å². The molecule has 2 aromatic rings. The van der Waals surface area contributed by atoms with Crippen LogP contribution in [0.3, 0.4) is 0 Å². The molecule has 2 aliphatic carbocycles. The van der Waals surface area contributed by atoms with E-state index in [1.165, 1.54) is 18.3 Å². The second-order valence-corrected chi connectivity index (χ2v) is 10.00. The van der Waals surface area contributed by atoms with Crippen LogP contribution in [-0.4, -0.2) is 28.1 Å². The maximum atomic E-state index is 14.9. The number of nitrogens with one attached hydrogen (secondary N) is 3. The van der Waals surface area contributed by atoms with Crippen LogP contribution in [0.25, 0.3) is 0 Å². The van der Waals surface area contributed by atoms with Crippen molar-refractivity contribution in [3.63, 3.8) is 0 Å². The van der Waals surface area contributed by atoms with Gasteiger partial charge in [-0.3, -0.25) is 14.7 Å². The number of aromatic amines is 1. The summed E-state index contributed by atoms with van der Waals surface area (Å²) in [6.45, 7) is 2.07. The number of amides is 2. The maximum Gasteiger partial charge on any atom is 0.269 e. The largest absolute Gasteiger partial charge is 0.348 e. The van der Waals surface area contributed by atoms with Crippen molar-refractivity contribution < 1.29 is 14.0 Å². The summed E-state index contributed by atoms with van der Waals surface area (Å²) in [7, 11) is 0. The molecule has 172 valence electrons. The zero-order valence-electron chi connectivity index (χ0n) is 17.9. The maximum absolute atomic E-state index is 14.9. The van der Waals surface area contributed by atoms with Gasteiger partial charge in [0, 0.05) is 23.7 Å². The van der Waals surface area contributed by atoms with Gasteiger partial charge in [0.05, 0.1) is 16.1 Å². The highest BCUT2D eigenvalue weighted by molar-refractivity contribution is 6.42. The van der Waals surface area contributed by atoms with E-state index in [1.807, 2.05) is 0 Å². The molecular formula is C23H27Cl2FN4O2. The summed E-state index contributed by atoms with van der Waals surface area (Å²) in [6, 6.07) is 3.67. The van der Waals surface area contributed by atoms with Crippen molar-refractivity contribution >= 4 is 35.0 Å². The summed E-state index contributed by atoms with van der Waals surface area (Å²) in [5, 5.41) is 12.9. The van der Waals surface area contributed by atoms with Crippen molar-refractivity contribution in [3.05, 3.63) is 51.5 Å². The number of H-pyrrole nitrogens is 1. The SMILES string of the molecule is CC1([C@H](NC(=O)[C@H]2CC[C@@H](NC(=O)c3ccn[nH]3)C2)c2c(F)ccc(Cl)c2Cl)CCCC1. The lowest BCUT2D eigenvalue weighted by atomic mass is 9.76. The predicted molar refractivity (Wildman–Crippen MR) is 121 cm³/mol. The number of aromatic nitrogens is 2. The van der Waals surface area contributed by atoms with Crippen molar-refractivity contribution in [2.24, 2.45) is 11.3 Å². The van der Waals surface area contributed by atoms with Crippen LogP contribution in [-0.2, 0) is 4.79 Å². The molecule has 1 aromatic carbocycles. The summed E-state index contributed by atoms with van der Waals surface area (Å²) in [5.74, 6) is -1.11. The van der Waals surface area contributed by atoms with Gasteiger partial charge in [0.1, 0.15) is 11.5 Å². The van der Waals surface area contributed by atoms with E-state index in [0.717, 1.165) is 25.7 Å². The monoisotopic (exact) mass is 480 g/mol. The van der Waals surface area contributed by atoms with Crippen LogP contribution in [0.5, 0.6) is 0 Å². The second-order valence-electron chi connectivity index (χ2n) is 9.21. The highest BCUT2D eigenvalue weighted by atomic mass is 35.5. The Morgan fingerprint density at radius 2 is 1.97 bits per heavy atom. The van der Waals surface area contributed by atoms with Gasteiger partial charge in [-0.1, -0.05) is 43.0 Å². The number of nitrogens with zero attached hydrogens (tertiary/aromatic N) is 1. The van der Waals surface area contributed by atoms with Crippen LogP contribution in [0, 0.1) is 17.2 Å². The molecule has 0 bridgehead atoms. The lowest BCUT2D eigenvalue weighted by Crippen LogP contribution is -2.42. The van der Waals surface area contributed by atoms with Gasteiger partial charge in [0.15, 0.2) is 0 Å². The zero-order valence-corrected chi connectivity index (χ0v) is 19.4. The molecule has 6 nitrogen and oxygen atoms in total. The van der Waals surface area contributed by atoms with E-state index in [4.69, 9.17) is 23.2 Å². The quantitative estimate of drug-likeness (QED) is 0.497. The average molecular weight is 481 g/mol. The standard InChI is InChI=1S/C23H27Cl2FN4O2/c1-23(9-2-3-10-23)20(18-16(26)7-6-15(24)19(18)25)29-21(31)13-4-5-14(12-13)28-22(32)17-8-11-27-30-17/h6-8,11,13-14,20H,2-5,9-10,12H2,1H3,(H,27,30)(H,28,32)(H,29,31)/t13-,14+,20+/m0/s1. The summed E-state index contributed by atoms with van der Waals surface area (Å²) in [6.07, 6.45) is 7.18. The Morgan fingerprint density at radius 3 is 2.66 bits per heavy atom. The van der Waals surface area contributed by atoms with Crippen LogP contribution in [0.2, 0.25) is 10.0 Å². The first kappa shape index (κ1) is 23.1. The molecule has 0 spiro atoms. The lowest BCUT2D eigenvalue weighted by Gasteiger charge is -2.36. The number of hydrogen-bond donors (Lipinski definition) is 3. The van der Waals surface area contributed by atoms with Gasteiger partial charge in [-0.15, -0.1) is 0 Å². The summed E-state index contributed by atoms with van der Waals surface area (Å²) in [4.78, 5) is 25.5. The number of rotatable bonds is 6. The van der Waals surface area contributed by atoms with E-state index >= 15 is 0 Å². The molecule has 0 radical (unpaired) electrons. The van der Waals surface area contributed by atoms with E-state index in [-0.39, 0.29) is 44.8 Å². The van der Waals surface area contributed by atoms with Crippen LogP contribution in [0.15, 0.2) is 24.4 Å². The molecule has 2 amide bonds. The highest BCUT2D eigenvalue weighted by Crippen LogP contribution is 2.50. The molecule has 1 heterocycles. The summed E-state index contributed by atoms with van der Waals surface area (Å²) >= 11 is 12.6. The smallest absolute Gasteiger partial charge is 0.269 e. The predicted octanol–water partition coefficient (Wildman–Crippen LogP) is 5.19. The van der Waals surface area contributed by atoms with Gasteiger partial charge in [0.25, 0.3) is 5.91 Å². The fourth-order valence-electron chi connectivity index (χ4n) is 5.13. The minimum Gasteiger partial charge on any atom is -0.348 e. The molecule has 0 unspecified atom stereocenters.